The van der Waals surface area contributed by atoms with Crippen LogP contribution in [-0.4, -0.2) is 25.7 Å². The monoisotopic (exact) mass is 268 g/mol. The van der Waals surface area contributed by atoms with Crippen molar-refractivity contribution >= 4 is 11.6 Å². The van der Waals surface area contributed by atoms with Crippen LogP contribution in [0.15, 0.2) is 24.3 Å². The number of rotatable bonds is 5. The lowest BCUT2D eigenvalue weighted by molar-refractivity contribution is -0.913. The van der Waals surface area contributed by atoms with E-state index in [1.165, 1.54) is 44.5 Å². The first-order valence-corrected chi connectivity index (χ1v) is 7.57. The maximum atomic E-state index is 6.00. The van der Waals surface area contributed by atoms with Crippen LogP contribution in [0, 0.1) is 0 Å². The second-order valence-electron chi connectivity index (χ2n) is 5.41. The van der Waals surface area contributed by atoms with Crippen molar-refractivity contribution in [1.82, 2.24) is 0 Å². The molecule has 0 aromatic heterocycles. The van der Waals surface area contributed by atoms with Gasteiger partial charge in [-0.15, -0.1) is 0 Å². The van der Waals surface area contributed by atoms with Gasteiger partial charge in [-0.3, -0.25) is 0 Å². The number of hydrogen-bond donors (Lipinski definition) is 2. The molecule has 0 atom stereocenters. The van der Waals surface area contributed by atoms with Crippen molar-refractivity contribution in [1.29, 1.82) is 0 Å². The maximum Gasteiger partial charge on any atom is 0.101 e. The highest BCUT2D eigenvalue weighted by atomic mass is 35.5. The van der Waals surface area contributed by atoms with E-state index in [0.29, 0.717) is 0 Å². The van der Waals surface area contributed by atoms with Gasteiger partial charge in [0.05, 0.1) is 25.7 Å². The predicted molar refractivity (Wildman–Crippen MR) is 76.0 cm³/mol. The average Bonchev–Trinajstić information content (AvgIpc) is 2.38. The molecule has 0 saturated carbocycles. The first-order chi connectivity index (χ1) is 8.78. The molecule has 1 aliphatic rings. The van der Waals surface area contributed by atoms with Crippen LogP contribution in [-0.2, 0) is 6.54 Å². The molecular formula is C15H25ClN2+2. The molecule has 0 amide bonds. The zero-order valence-corrected chi connectivity index (χ0v) is 12.0. The summed E-state index contributed by atoms with van der Waals surface area (Å²) >= 11 is 6.00. The summed E-state index contributed by atoms with van der Waals surface area (Å²) in [6.45, 7) is 7.40. The molecule has 0 unspecified atom stereocenters. The fraction of sp³-hybridized carbons (Fsp3) is 0.600. The van der Waals surface area contributed by atoms with E-state index in [0.717, 1.165) is 17.6 Å². The molecule has 100 valence electrons. The first-order valence-electron chi connectivity index (χ1n) is 7.19. The fourth-order valence-electron chi connectivity index (χ4n) is 2.85. The van der Waals surface area contributed by atoms with E-state index in [1.54, 1.807) is 4.90 Å². The molecule has 2 nitrogen and oxygen atoms in total. The standard InChI is InChI=1S/C15H23ClN2/c1-2-8-18-9-6-15(7-10-18)17-12-13-4-3-5-14(16)11-13/h3-5,11,15,17H,2,6-10,12H2,1H3/p+2. The second-order valence-corrected chi connectivity index (χ2v) is 5.84. The van der Waals surface area contributed by atoms with Gasteiger partial charge in [0, 0.05) is 23.4 Å². The minimum Gasteiger partial charge on any atom is -0.340 e. The van der Waals surface area contributed by atoms with Gasteiger partial charge < -0.3 is 10.2 Å². The molecule has 18 heavy (non-hydrogen) atoms. The summed E-state index contributed by atoms with van der Waals surface area (Å²) < 4.78 is 0. The van der Waals surface area contributed by atoms with Gasteiger partial charge in [-0.05, 0) is 18.6 Å². The Balaban J connectivity index is 1.72. The molecule has 1 aromatic carbocycles. The van der Waals surface area contributed by atoms with Crippen LogP contribution in [0.3, 0.4) is 0 Å². The molecule has 1 fully saturated rings. The van der Waals surface area contributed by atoms with Crippen LogP contribution in [0.1, 0.15) is 31.7 Å². The molecule has 1 aromatic rings. The number of nitrogens with two attached hydrogens (primary N) is 1. The predicted octanol–water partition coefficient (Wildman–Crippen LogP) is 0.861. The van der Waals surface area contributed by atoms with Gasteiger partial charge in [-0.1, -0.05) is 30.7 Å². The summed E-state index contributed by atoms with van der Waals surface area (Å²) in [6, 6.07) is 9.04. The molecule has 0 radical (unpaired) electrons. The topological polar surface area (TPSA) is 21.1 Å². The lowest BCUT2D eigenvalue weighted by atomic mass is 10.0. The number of quaternary nitrogens is 2. The van der Waals surface area contributed by atoms with Crippen LogP contribution < -0.4 is 10.2 Å². The molecule has 0 spiro atoms. The molecule has 0 aliphatic carbocycles. The largest absolute Gasteiger partial charge is 0.340 e. The van der Waals surface area contributed by atoms with Crippen molar-refractivity contribution in [2.75, 3.05) is 19.6 Å². The molecule has 3 N–H and O–H groups in total. The molecule has 2 rings (SSSR count). The smallest absolute Gasteiger partial charge is 0.101 e. The Bertz CT molecular complexity index is 359. The van der Waals surface area contributed by atoms with Gasteiger partial charge in [-0.2, -0.15) is 0 Å². The third kappa shape index (κ3) is 4.27. The second kappa shape index (κ2) is 7.13. The highest BCUT2D eigenvalue weighted by Gasteiger charge is 2.23. The minimum atomic E-state index is 0.810. The molecule has 1 aliphatic heterocycles. The first kappa shape index (κ1) is 13.9. The Morgan fingerprint density at radius 1 is 1.33 bits per heavy atom. The normalized spacial score (nSPS) is 24.1. The van der Waals surface area contributed by atoms with E-state index in [4.69, 9.17) is 11.6 Å². The van der Waals surface area contributed by atoms with Gasteiger partial charge in [-0.25, -0.2) is 0 Å². The number of halogens is 1. The van der Waals surface area contributed by atoms with Crippen molar-refractivity contribution in [3.63, 3.8) is 0 Å². The number of benzene rings is 1. The highest BCUT2D eigenvalue weighted by molar-refractivity contribution is 6.30. The van der Waals surface area contributed by atoms with E-state index in [-0.39, 0.29) is 0 Å². The molecule has 0 bridgehead atoms. The van der Waals surface area contributed by atoms with Crippen molar-refractivity contribution in [3.8, 4) is 0 Å². The van der Waals surface area contributed by atoms with Crippen LogP contribution in [0.25, 0.3) is 0 Å². The third-order valence-electron chi connectivity index (χ3n) is 3.92. The quantitative estimate of drug-likeness (QED) is 0.791. The van der Waals surface area contributed by atoms with Crippen molar-refractivity contribution in [3.05, 3.63) is 34.9 Å². The van der Waals surface area contributed by atoms with Crippen LogP contribution in [0.5, 0.6) is 0 Å². The van der Waals surface area contributed by atoms with Crippen molar-refractivity contribution in [2.24, 2.45) is 0 Å². The lowest BCUT2D eigenvalue weighted by Crippen LogP contribution is -3.14. The summed E-state index contributed by atoms with van der Waals surface area (Å²) in [4.78, 5) is 1.80. The van der Waals surface area contributed by atoms with E-state index < -0.39 is 0 Å². The zero-order valence-electron chi connectivity index (χ0n) is 11.3. The van der Waals surface area contributed by atoms with E-state index >= 15 is 0 Å². The minimum absolute atomic E-state index is 0.810. The maximum absolute atomic E-state index is 6.00. The lowest BCUT2D eigenvalue weighted by Gasteiger charge is -2.27. The SMILES string of the molecule is CCC[NH+]1CCC([NH2+]Cc2cccc(Cl)c2)CC1. The number of hydrogen-bond acceptors (Lipinski definition) is 0. The average molecular weight is 269 g/mol. The fourth-order valence-corrected chi connectivity index (χ4v) is 3.07. The molecule has 1 saturated heterocycles. The Morgan fingerprint density at radius 3 is 2.78 bits per heavy atom. The Kier molecular flexibility index (Phi) is 5.48. The van der Waals surface area contributed by atoms with Gasteiger partial charge in [0.2, 0.25) is 0 Å². The van der Waals surface area contributed by atoms with Crippen LogP contribution in [0.2, 0.25) is 5.02 Å². The van der Waals surface area contributed by atoms with Gasteiger partial charge in [0.1, 0.15) is 6.54 Å². The van der Waals surface area contributed by atoms with Crippen LogP contribution in [0.4, 0.5) is 0 Å². The zero-order chi connectivity index (χ0) is 12.8. The number of nitrogens with one attached hydrogen (secondary N) is 1. The summed E-state index contributed by atoms with van der Waals surface area (Å²) in [7, 11) is 0. The number of likely N-dealkylation sites (tertiary alicyclic amines) is 1. The highest BCUT2D eigenvalue weighted by Crippen LogP contribution is 2.09. The summed E-state index contributed by atoms with van der Waals surface area (Å²) in [5.41, 5.74) is 1.34. The molecular weight excluding hydrogens is 244 g/mol. The van der Waals surface area contributed by atoms with E-state index in [1.807, 2.05) is 12.1 Å². The third-order valence-corrected chi connectivity index (χ3v) is 4.15. The van der Waals surface area contributed by atoms with Gasteiger partial charge in [0.15, 0.2) is 0 Å². The summed E-state index contributed by atoms with van der Waals surface area (Å²) in [6.07, 6.45) is 4.03. The summed E-state index contributed by atoms with van der Waals surface area (Å²) in [5, 5.41) is 3.34. The Labute approximate surface area is 115 Å². The van der Waals surface area contributed by atoms with Gasteiger partial charge >= 0.3 is 0 Å². The number of piperidine rings is 1. The Hall–Kier alpha value is -0.570. The molecule has 3 heteroatoms. The van der Waals surface area contributed by atoms with Gasteiger partial charge in [0.25, 0.3) is 0 Å². The van der Waals surface area contributed by atoms with E-state index in [9.17, 15) is 0 Å². The Morgan fingerprint density at radius 2 is 2.11 bits per heavy atom. The van der Waals surface area contributed by atoms with Crippen LogP contribution >= 0.6 is 11.6 Å². The summed E-state index contributed by atoms with van der Waals surface area (Å²) in [5.74, 6) is 0. The molecule has 1 heterocycles. The van der Waals surface area contributed by atoms with Crippen molar-refractivity contribution in [2.45, 2.75) is 38.8 Å². The van der Waals surface area contributed by atoms with Crippen molar-refractivity contribution < 1.29 is 10.2 Å². The van der Waals surface area contributed by atoms with E-state index in [2.05, 4.69) is 24.4 Å².